The molecule has 0 aliphatic rings. The number of carbonyl (C=O) groups is 1. The van der Waals surface area contributed by atoms with Crippen LogP contribution in [-0.2, 0) is 11.2 Å². The van der Waals surface area contributed by atoms with Gasteiger partial charge in [-0.2, -0.15) is 0 Å². The van der Waals surface area contributed by atoms with Gasteiger partial charge in [-0.1, -0.05) is 90.5 Å². The zero-order chi connectivity index (χ0) is 20.1. The van der Waals surface area contributed by atoms with E-state index in [2.05, 4.69) is 10.3 Å². The van der Waals surface area contributed by atoms with Crippen LogP contribution in [0, 0.1) is 6.92 Å². The number of nitrogens with zero attached hydrogens (tertiary/aromatic N) is 2. The molecule has 4 nitrogen and oxygen atoms in total. The van der Waals surface area contributed by atoms with Gasteiger partial charge < -0.3 is 5.32 Å². The molecule has 0 saturated heterocycles. The average Bonchev–Trinajstić information content (AvgIpc) is 2.77. The molecule has 4 aromatic rings. The summed E-state index contributed by atoms with van der Waals surface area (Å²) < 4.78 is 0. The summed E-state index contributed by atoms with van der Waals surface area (Å²) in [6.45, 7) is 2.03. The Kier molecular flexibility index (Phi) is 5.43. The first-order valence-electron chi connectivity index (χ1n) is 9.52. The second kappa shape index (κ2) is 8.48. The summed E-state index contributed by atoms with van der Waals surface area (Å²) in [4.78, 5) is 22.0. The normalized spacial score (nSPS) is 10.5. The zero-order valence-corrected chi connectivity index (χ0v) is 16.2. The fourth-order valence-electron chi connectivity index (χ4n) is 3.09. The van der Waals surface area contributed by atoms with E-state index < -0.39 is 0 Å². The molecule has 142 valence electrons. The van der Waals surface area contributed by atoms with Gasteiger partial charge in [-0.25, -0.2) is 9.97 Å². The van der Waals surface area contributed by atoms with E-state index in [1.165, 1.54) is 5.56 Å². The summed E-state index contributed by atoms with van der Waals surface area (Å²) in [7, 11) is 0. The predicted octanol–water partition coefficient (Wildman–Crippen LogP) is 5.30. The van der Waals surface area contributed by atoms with E-state index >= 15 is 0 Å². The molecule has 0 saturated carbocycles. The Morgan fingerprint density at radius 2 is 1.45 bits per heavy atom. The number of nitrogens with one attached hydrogen (secondary N) is 1. The van der Waals surface area contributed by atoms with E-state index in [0.29, 0.717) is 11.5 Å². The maximum Gasteiger partial charge on any atom is 0.230 e. The van der Waals surface area contributed by atoms with Crippen LogP contribution in [0.15, 0.2) is 91.1 Å². The molecule has 1 N–H and O–H groups in total. The van der Waals surface area contributed by atoms with E-state index in [1.54, 1.807) is 6.20 Å². The van der Waals surface area contributed by atoms with Crippen molar-refractivity contribution in [2.75, 3.05) is 5.32 Å². The smallest absolute Gasteiger partial charge is 0.230 e. The number of benzene rings is 3. The van der Waals surface area contributed by atoms with Gasteiger partial charge in [0.25, 0.3) is 0 Å². The Morgan fingerprint density at radius 1 is 0.828 bits per heavy atom. The first-order valence-corrected chi connectivity index (χ1v) is 9.52. The minimum Gasteiger partial charge on any atom is -0.309 e. The number of hydrogen-bond acceptors (Lipinski definition) is 3. The van der Waals surface area contributed by atoms with Crippen LogP contribution in [0.25, 0.3) is 22.5 Å². The van der Waals surface area contributed by atoms with E-state index in [-0.39, 0.29) is 12.3 Å². The number of aromatic nitrogens is 2. The number of hydrogen-bond donors (Lipinski definition) is 1. The van der Waals surface area contributed by atoms with Gasteiger partial charge in [-0.05, 0) is 12.5 Å². The van der Waals surface area contributed by atoms with Crippen molar-refractivity contribution in [1.82, 2.24) is 9.97 Å². The molecule has 4 heteroatoms. The lowest BCUT2D eigenvalue weighted by Gasteiger charge is -2.12. The monoisotopic (exact) mass is 379 g/mol. The van der Waals surface area contributed by atoms with Gasteiger partial charge in [-0.3, -0.25) is 4.79 Å². The molecule has 29 heavy (non-hydrogen) atoms. The van der Waals surface area contributed by atoms with E-state index in [0.717, 1.165) is 22.4 Å². The highest BCUT2D eigenvalue weighted by Crippen LogP contribution is 2.27. The van der Waals surface area contributed by atoms with E-state index in [9.17, 15) is 4.79 Å². The fraction of sp³-hybridized carbons (Fsp3) is 0.0800. The van der Waals surface area contributed by atoms with Crippen LogP contribution in [-0.4, -0.2) is 15.9 Å². The molecule has 0 aliphatic heterocycles. The number of carbonyl (C=O) groups excluding carboxylic acids is 1. The third-order valence-electron chi connectivity index (χ3n) is 4.63. The molecule has 3 aromatic carbocycles. The summed E-state index contributed by atoms with van der Waals surface area (Å²) in [5, 5.41) is 2.94. The van der Waals surface area contributed by atoms with Crippen molar-refractivity contribution in [3.8, 4) is 22.5 Å². The lowest BCUT2D eigenvalue weighted by molar-refractivity contribution is -0.115. The van der Waals surface area contributed by atoms with Gasteiger partial charge in [0.1, 0.15) is 5.69 Å². The number of anilines is 1. The van der Waals surface area contributed by atoms with Gasteiger partial charge in [0.15, 0.2) is 5.82 Å². The predicted molar refractivity (Wildman–Crippen MR) is 116 cm³/mol. The minimum absolute atomic E-state index is 0.118. The Hall–Kier alpha value is -3.79. The molecule has 0 fully saturated rings. The Bertz CT molecular complexity index is 1110. The summed E-state index contributed by atoms with van der Waals surface area (Å²) >= 11 is 0. The van der Waals surface area contributed by atoms with Crippen molar-refractivity contribution < 1.29 is 4.79 Å². The maximum absolute atomic E-state index is 12.6. The molecule has 0 radical (unpaired) electrons. The molecule has 4 rings (SSSR count). The van der Waals surface area contributed by atoms with E-state index in [1.807, 2.05) is 91.9 Å². The molecule has 0 atom stereocenters. The largest absolute Gasteiger partial charge is 0.309 e. The summed E-state index contributed by atoms with van der Waals surface area (Å²) in [5.74, 6) is 0.348. The van der Waals surface area contributed by atoms with Gasteiger partial charge in [-0.15, -0.1) is 0 Å². The van der Waals surface area contributed by atoms with Crippen LogP contribution in [0.4, 0.5) is 5.82 Å². The standard InChI is InChI=1S/C25H21N3O/c1-18-12-14-19(15-13-18)16-23(29)28-25-24(21-10-6-3-7-11-21)27-22(17-26-25)20-8-4-2-5-9-20/h2-15,17H,16H2,1H3,(H,26,28,29). The zero-order valence-electron chi connectivity index (χ0n) is 16.2. The molecule has 0 bridgehead atoms. The number of amides is 1. The summed E-state index contributed by atoms with van der Waals surface area (Å²) in [6.07, 6.45) is 1.99. The fourth-order valence-corrected chi connectivity index (χ4v) is 3.09. The average molecular weight is 379 g/mol. The van der Waals surface area contributed by atoms with Crippen LogP contribution in [0.3, 0.4) is 0 Å². The second-order valence-electron chi connectivity index (χ2n) is 6.90. The van der Waals surface area contributed by atoms with Crippen molar-refractivity contribution in [2.45, 2.75) is 13.3 Å². The third-order valence-corrected chi connectivity index (χ3v) is 4.63. The molecule has 1 heterocycles. The maximum atomic E-state index is 12.6. The Balaban J connectivity index is 1.65. The van der Waals surface area contributed by atoms with Crippen LogP contribution >= 0.6 is 0 Å². The topological polar surface area (TPSA) is 54.9 Å². The molecular formula is C25H21N3O. The second-order valence-corrected chi connectivity index (χ2v) is 6.90. The first kappa shape index (κ1) is 18.6. The van der Waals surface area contributed by atoms with Gasteiger partial charge in [0, 0.05) is 11.1 Å². The highest BCUT2D eigenvalue weighted by Gasteiger charge is 2.14. The highest BCUT2D eigenvalue weighted by atomic mass is 16.1. The molecule has 1 amide bonds. The quantitative estimate of drug-likeness (QED) is 0.512. The van der Waals surface area contributed by atoms with Crippen molar-refractivity contribution in [3.05, 3.63) is 102 Å². The minimum atomic E-state index is -0.118. The lowest BCUT2D eigenvalue weighted by atomic mass is 10.1. The van der Waals surface area contributed by atoms with Crippen molar-refractivity contribution in [2.24, 2.45) is 0 Å². The molecule has 0 unspecified atom stereocenters. The third kappa shape index (κ3) is 4.55. The molecule has 0 aliphatic carbocycles. The molecule has 1 aromatic heterocycles. The van der Waals surface area contributed by atoms with Crippen LogP contribution in [0.1, 0.15) is 11.1 Å². The lowest BCUT2D eigenvalue weighted by Crippen LogP contribution is -2.16. The van der Waals surface area contributed by atoms with Crippen LogP contribution in [0.2, 0.25) is 0 Å². The summed E-state index contributed by atoms with van der Waals surface area (Å²) in [5.41, 5.74) is 5.44. The molecule has 0 spiro atoms. The first-order chi connectivity index (χ1) is 14.2. The highest BCUT2D eigenvalue weighted by molar-refractivity contribution is 5.94. The Labute approximate surface area is 170 Å². The Morgan fingerprint density at radius 3 is 2.10 bits per heavy atom. The SMILES string of the molecule is Cc1ccc(CC(=O)Nc2ncc(-c3ccccc3)nc2-c2ccccc2)cc1. The van der Waals surface area contributed by atoms with Gasteiger partial charge >= 0.3 is 0 Å². The number of rotatable bonds is 5. The van der Waals surface area contributed by atoms with Gasteiger partial charge in [0.05, 0.1) is 18.3 Å². The number of aryl methyl sites for hydroxylation is 1. The van der Waals surface area contributed by atoms with Crippen molar-refractivity contribution in [1.29, 1.82) is 0 Å². The summed E-state index contributed by atoms with van der Waals surface area (Å²) in [6, 6.07) is 27.6. The van der Waals surface area contributed by atoms with Crippen LogP contribution in [0.5, 0.6) is 0 Å². The van der Waals surface area contributed by atoms with Crippen molar-refractivity contribution in [3.63, 3.8) is 0 Å². The van der Waals surface area contributed by atoms with E-state index in [4.69, 9.17) is 4.98 Å². The molecular weight excluding hydrogens is 358 g/mol. The van der Waals surface area contributed by atoms with Crippen molar-refractivity contribution >= 4 is 11.7 Å². The van der Waals surface area contributed by atoms with Crippen LogP contribution < -0.4 is 5.32 Å². The van der Waals surface area contributed by atoms with Gasteiger partial charge in [0.2, 0.25) is 5.91 Å².